The van der Waals surface area contributed by atoms with Crippen LogP contribution in [-0.2, 0) is 40.5 Å². The van der Waals surface area contributed by atoms with Crippen LogP contribution >= 0.6 is 0 Å². The van der Waals surface area contributed by atoms with Crippen molar-refractivity contribution in [1.29, 1.82) is 0 Å². The summed E-state index contributed by atoms with van der Waals surface area (Å²) in [5.41, 5.74) is 22.0. The predicted molar refractivity (Wildman–Crippen MR) is 274 cm³/mol. The second-order valence-corrected chi connectivity index (χ2v) is 21.3. The topological polar surface area (TPSA) is 473 Å². The summed E-state index contributed by atoms with van der Waals surface area (Å²) in [5, 5.41) is 57.2. The Labute approximate surface area is 423 Å². The zero-order valence-electron chi connectivity index (χ0n) is 37.5. The number of benzene rings is 8. The van der Waals surface area contributed by atoms with Gasteiger partial charge in [0.1, 0.15) is 42.3 Å². The lowest BCUT2D eigenvalue weighted by molar-refractivity contribution is 0.471. The van der Waals surface area contributed by atoms with Crippen LogP contribution in [0.2, 0.25) is 0 Å². The Morgan fingerprint density at radius 1 is 0.373 bits per heavy atom. The summed E-state index contributed by atoms with van der Waals surface area (Å²) in [4.78, 5) is -3.11. The third-order valence-electron chi connectivity index (χ3n) is 10.6. The van der Waals surface area contributed by atoms with E-state index in [1.807, 2.05) is 0 Å². The monoisotopic (exact) mass is 1100 g/mol. The Morgan fingerprint density at radius 2 is 0.813 bits per heavy atom. The molecule has 27 nitrogen and oxygen atoms in total. The molecule has 0 radical (unpaired) electrons. The van der Waals surface area contributed by atoms with Crippen LogP contribution in [0.15, 0.2) is 182 Å². The van der Waals surface area contributed by atoms with Crippen molar-refractivity contribution in [3.05, 3.63) is 121 Å². The molecular weight excluding hydrogens is 1060 g/mol. The normalized spacial score (nSPS) is 12.8. The van der Waals surface area contributed by atoms with Crippen LogP contribution in [0.1, 0.15) is 0 Å². The van der Waals surface area contributed by atoms with Crippen LogP contribution in [0.3, 0.4) is 0 Å². The molecule has 0 fully saturated rings. The van der Waals surface area contributed by atoms with E-state index in [4.69, 9.17) is 22.9 Å². The maximum atomic E-state index is 12.6. The number of hydrogen-bond donors (Lipinski definition) is 11. The number of phenolic OH excluding ortho intramolecular Hbond substituents is 2. The van der Waals surface area contributed by atoms with E-state index >= 15 is 0 Å². The number of nitrogens with two attached hydrogens (primary N) is 4. The van der Waals surface area contributed by atoms with Crippen molar-refractivity contribution in [2.24, 2.45) is 40.9 Å². The molecular formula is C44H35N13O14S4. The van der Waals surface area contributed by atoms with Crippen molar-refractivity contribution in [1.82, 2.24) is 0 Å². The number of hydrogen-bond acceptors (Lipinski definition) is 23. The highest BCUT2D eigenvalue weighted by molar-refractivity contribution is 7.86. The fourth-order valence-electron chi connectivity index (χ4n) is 7.04. The summed E-state index contributed by atoms with van der Waals surface area (Å²) in [6, 6.07) is 25.2. The van der Waals surface area contributed by atoms with Gasteiger partial charge in [-0.1, -0.05) is 12.1 Å². The lowest BCUT2D eigenvalue weighted by Gasteiger charge is -2.12. The molecule has 0 amide bonds. The minimum Gasteiger partial charge on any atom is -0.505 e. The van der Waals surface area contributed by atoms with Gasteiger partial charge in [0.05, 0.1) is 45.5 Å². The SMILES string of the molecule is Nc1ccc(N=Nc2ccc3cc(S(=O)(=O)O)c(N=Nc4ccc(Nc5ccc(N=Nc6c(S(=O)(=O)O)cc7ccc(N=Nc8cc(S(=O)(=O)O)c(N)cc8N)cc7c6O)cc5)c(S(=O)(=O)O)c4)c(O)c3c2)c(N)c1. The molecule has 0 bridgehead atoms. The predicted octanol–water partition coefficient (Wildman–Crippen LogP) is 10.1. The van der Waals surface area contributed by atoms with Gasteiger partial charge in [0.15, 0.2) is 11.5 Å². The van der Waals surface area contributed by atoms with Gasteiger partial charge in [0, 0.05) is 22.1 Å². The molecule has 0 saturated carbocycles. The van der Waals surface area contributed by atoms with Crippen LogP contribution in [0, 0.1) is 0 Å². The Morgan fingerprint density at radius 3 is 1.32 bits per heavy atom. The number of anilines is 6. The highest BCUT2D eigenvalue weighted by Gasteiger charge is 2.25. The molecule has 0 unspecified atom stereocenters. The molecule has 31 heteroatoms. The van der Waals surface area contributed by atoms with E-state index in [2.05, 4.69) is 46.2 Å². The maximum Gasteiger partial charge on any atom is 0.296 e. The van der Waals surface area contributed by atoms with Crippen molar-refractivity contribution in [2.45, 2.75) is 19.6 Å². The summed E-state index contributed by atoms with van der Waals surface area (Å²) >= 11 is 0. The largest absolute Gasteiger partial charge is 0.505 e. The Hall–Kier alpha value is -9.08. The Balaban J connectivity index is 1.05. The fraction of sp³-hybridized carbons (Fsp3) is 0. The van der Waals surface area contributed by atoms with E-state index in [-0.39, 0.29) is 84.1 Å². The molecule has 0 aliphatic heterocycles. The number of nitrogens with one attached hydrogen (secondary N) is 1. The average molecular weight is 1100 g/mol. The highest BCUT2D eigenvalue weighted by atomic mass is 32.2. The number of azo groups is 4. The number of rotatable bonds is 14. The third kappa shape index (κ3) is 11.6. The molecule has 0 spiro atoms. The summed E-state index contributed by atoms with van der Waals surface area (Å²) in [5.74, 6) is -1.54. The second kappa shape index (κ2) is 19.7. The number of fused-ring (bicyclic) bond motifs is 2. The zero-order chi connectivity index (χ0) is 54.4. The van der Waals surface area contributed by atoms with E-state index in [0.717, 1.165) is 30.3 Å². The highest BCUT2D eigenvalue weighted by Crippen LogP contribution is 2.45. The van der Waals surface area contributed by atoms with Gasteiger partial charge < -0.3 is 38.5 Å². The smallest absolute Gasteiger partial charge is 0.296 e. The van der Waals surface area contributed by atoms with Gasteiger partial charge in [-0.3, -0.25) is 18.2 Å². The van der Waals surface area contributed by atoms with Gasteiger partial charge in [-0.2, -0.15) is 54.1 Å². The van der Waals surface area contributed by atoms with Crippen molar-refractivity contribution in [3.63, 3.8) is 0 Å². The van der Waals surface area contributed by atoms with Crippen LogP contribution in [0.25, 0.3) is 21.5 Å². The molecule has 15 N–H and O–H groups in total. The van der Waals surface area contributed by atoms with E-state index in [1.165, 1.54) is 84.9 Å². The molecule has 384 valence electrons. The molecule has 0 aliphatic rings. The lowest BCUT2D eigenvalue weighted by atomic mass is 10.1. The van der Waals surface area contributed by atoms with Gasteiger partial charge in [-0.05, 0) is 120 Å². The number of nitrogens with zero attached hydrogens (tertiary/aromatic N) is 8. The van der Waals surface area contributed by atoms with Crippen LogP contribution in [-0.4, -0.2) is 62.1 Å². The molecule has 75 heavy (non-hydrogen) atoms. The summed E-state index contributed by atoms with van der Waals surface area (Å²) in [7, 11) is -19.9. The van der Waals surface area contributed by atoms with E-state index in [9.17, 15) is 62.1 Å². The van der Waals surface area contributed by atoms with Crippen LogP contribution in [0.4, 0.5) is 79.6 Å². The first kappa shape index (κ1) is 52.2. The molecule has 0 saturated heterocycles. The van der Waals surface area contributed by atoms with E-state index in [1.54, 1.807) is 6.07 Å². The molecule has 0 heterocycles. The Kier molecular flexibility index (Phi) is 13.8. The summed E-state index contributed by atoms with van der Waals surface area (Å²) in [6.07, 6.45) is 0. The van der Waals surface area contributed by atoms with Crippen molar-refractivity contribution in [2.75, 3.05) is 28.3 Å². The summed E-state index contributed by atoms with van der Waals surface area (Å²) in [6.45, 7) is 0. The molecule has 0 aliphatic carbocycles. The fourth-order valence-corrected chi connectivity index (χ4v) is 9.64. The summed E-state index contributed by atoms with van der Waals surface area (Å²) < 4.78 is 138. The Bertz CT molecular complexity index is 4290. The number of aromatic hydroxyl groups is 2. The standard InChI is InChI=1S/C44H35N13O14S4/c45-23-3-11-34(31(46)15-23)54-51-26-4-1-21-14-40(75(69,70)71)42(44(59)29(21)16-26)57-53-28-10-12-35(38(18-28)73(63,64)65)49-24-6-8-25(9-7-24)50-56-41-39(74(66,67)68)13-22-2-5-27(17-30(22)43(41)58)52-55-36-20-37(72(60,61)62)33(48)19-32(36)47/h1-20,49,58-59H,45-48H2,(H,60,61,62)(H,63,64,65)(H,66,67,68)(H,69,70,71). The van der Waals surface area contributed by atoms with Gasteiger partial charge in [-0.25, -0.2) is 0 Å². The minimum absolute atomic E-state index is 0.000876. The maximum absolute atomic E-state index is 12.6. The molecule has 8 aromatic rings. The van der Waals surface area contributed by atoms with Crippen molar-refractivity contribution in [3.8, 4) is 11.5 Å². The van der Waals surface area contributed by atoms with E-state index in [0.29, 0.717) is 5.69 Å². The lowest BCUT2D eigenvalue weighted by Crippen LogP contribution is -2.04. The third-order valence-corrected chi connectivity index (χ3v) is 14.1. The van der Waals surface area contributed by atoms with Gasteiger partial charge in [-0.15, -0.1) is 20.5 Å². The van der Waals surface area contributed by atoms with Crippen LogP contribution < -0.4 is 28.3 Å². The number of phenols is 2. The van der Waals surface area contributed by atoms with E-state index < -0.39 is 82.9 Å². The first-order valence-corrected chi connectivity index (χ1v) is 26.4. The quantitative estimate of drug-likeness (QED) is 0.0274. The number of nitrogen functional groups attached to an aromatic ring is 4. The molecule has 0 aromatic heterocycles. The van der Waals surface area contributed by atoms with Gasteiger partial charge >= 0.3 is 0 Å². The first-order valence-electron chi connectivity index (χ1n) is 20.7. The van der Waals surface area contributed by atoms with Crippen molar-refractivity contribution < 1.29 is 62.1 Å². The molecule has 8 rings (SSSR count). The van der Waals surface area contributed by atoms with Crippen molar-refractivity contribution >= 4 is 142 Å². The van der Waals surface area contributed by atoms with Crippen LogP contribution in [0.5, 0.6) is 11.5 Å². The second-order valence-electron chi connectivity index (χ2n) is 15.8. The molecule has 0 atom stereocenters. The first-order chi connectivity index (χ1) is 35.1. The zero-order valence-corrected chi connectivity index (χ0v) is 40.8. The average Bonchev–Trinajstić information content (AvgIpc) is 3.32. The minimum atomic E-state index is -5.06. The molecule has 8 aromatic carbocycles. The van der Waals surface area contributed by atoms with Gasteiger partial charge in [0.25, 0.3) is 40.5 Å². The van der Waals surface area contributed by atoms with Gasteiger partial charge in [0.2, 0.25) is 0 Å².